The van der Waals surface area contributed by atoms with E-state index in [0.717, 1.165) is 23.1 Å². The maximum Gasteiger partial charge on any atom is 0.255 e. The lowest BCUT2D eigenvalue weighted by atomic mass is 10.1. The van der Waals surface area contributed by atoms with Gasteiger partial charge in [0.25, 0.3) is 5.91 Å². The largest absolute Gasteiger partial charge is 0.322 e. The van der Waals surface area contributed by atoms with Crippen LogP contribution in [0.15, 0.2) is 108 Å². The third kappa shape index (κ3) is 7.13. The van der Waals surface area contributed by atoms with Crippen LogP contribution in [0.1, 0.15) is 21.5 Å². The Hall–Kier alpha value is -3.26. The van der Waals surface area contributed by atoms with Crippen LogP contribution in [0.4, 0.5) is 11.4 Å². The summed E-state index contributed by atoms with van der Waals surface area (Å²) in [7, 11) is -3.54. The lowest BCUT2D eigenvalue weighted by Crippen LogP contribution is -2.29. The van der Waals surface area contributed by atoms with Gasteiger partial charge in [-0.1, -0.05) is 54.1 Å². The Kier molecular flexibility index (Phi) is 8.36. The number of anilines is 2. The normalized spacial score (nSPS) is 11.2. The van der Waals surface area contributed by atoms with Crippen molar-refractivity contribution in [1.29, 1.82) is 0 Å². The predicted octanol–water partition coefficient (Wildman–Crippen LogP) is 6.85. The quantitative estimate of drug-likeness (QED) is 0.237. The average Bonchev–Trinajstić information content (AvgIpc) is 2.88. The minimum Gasteiger partial charge on any atom is -0.322 e. The highest BCUT2D eigenvalue weighted by Crippen LogP contribution is 2.24. The number of benzene rings is 4. The maximum absolute atomic E-state index is 12.8. The van der Waals surface area contributed by atoms with Crippen molar-refractivity contribution in [3.8, 4) is 0 Å². The Labute approximate surface area is 221 Å². The van der Waals surface area contributed by atoms with E-state index in [2.05, 4.69) is 17.4 Å². The molecule has 184 valence electrons. The molecule has 0 spiro atoms. The molecule has 4 aromatic carbocycles. The van der Waals surface area contributed by atoms with Crippen molar-refractivity contribution >= 4 is 50.7 Å². The molecule has 36 heavy (non-hydrogen) atoms. The van der Waals surface area contributed by atoms with Gasteiger partial charge in [0, 0.05) is 26.9 Å². The van der Waals surface area contributed by atoms with Crippen molar-refractivity contribution in [1.82, 2.24) is 0 Å². The molecule has 8 heteroatoms. The number of carbonyl (C=O) groups is 1. The highest BCUT2D eigenvalue weighted by molar-refractivity contribution is 7.98. The number of amides is 1. The minimum atomic E-state index is -3.54. The molecule has 0 radical (unpaired) electrons. The molecule has 1 N–H and O–H groups in total. The van der Waals surface area contributed by atoms with Crippen molar-refractivity contribution in [2.45, 2.75) is 17.2 Å². The molecule has 0 fully saturated rings. The summed E-state index contributed by atoms with van der Waals surface area (Å²) in [4.78, 5) is 14.0. The standard InChI is InChI=1S/C28H25ClN2O3S2/c1-36(33,34)31(19-21-7-13-24(29)14-8-21)26-17-11-23(12-18-26)28(32)30-25-15-9-22(10-16-25)20-35-27-5-3-2-4-6-27/h2-18H,19-20H2,1H3,(H,30,32). The molecule has 0 aliphatic rings. The van der Waals surface area contributed by atoms with Gasteiger partial charge in [0.2, 0.25) is 10.0 Å². The zero-order valence-corrected chi connectivity index (χ0v) is 22.0. The number of halogens is 1. The molecule has 0 unspecified atom stereocenters. The summed E-state index contributed by atoms with van der Waals surface area (Å²) < 4.78 is 26.2. The summed E-state index contributed by atoms with van der Waals surface area (Å²) in [6.45, 7) is 0.163. The van der Waals surface area contributed by atoms with E-state index < -0.39 is 10.0 Å². The molecule has 0 heterocycles. The van der Waals surface area contributed by atoms with Gasteiger partial charge in [-0.2, -0.15) is 0 Å². The second kappa shape index (κ2) is 11.6. The summed E-state index contributed by atoms with van der Waals surface area (Å²) in [5.74, 6) is 0.573. The number of carbonyl (C=O) groups excluding carboxylic acids is 1. The van der Waals surface area contributed by atoms with E-state index in [1.165, 1.54) is 9.20 Å². The second-order valence-corrected chi connectivity index (χ2v) is 11.6. The monoisotopic (exact) mass is 536 g/mol. The minimum absolute atomic E-state index is 0.163. The van der Waals surface area contributed by atoms with E-state index in [0.29, 0.717) is 22.0 Å². The van der Waals surface area contributed by atoms with E-state index in [9.17, 15) is 13.2 Å². The molecule has 0 aromatic heterocycles. The van der Waals surface area contributed by atoms with Gasteiger partial charge in [-0.05, 0) is 71.8 Å². The van der Waals surface area contributed by atoms with Gasteiger partial charge >= 0.3 is 0 Å². The van der Waals surface area contributed by atoms with E-state index in [4.69, 9.17) is 11.6 Å². The van der Waals surface area contributed by atoms with Gasteiger partial charge in [-0.3, -0.25) is 9.10 Å². The molecule has 4 aromatic rings. The van der Waals surface area contributed by atoms with Crippen LogP contribution in [-0.4, -0.2) is 20.6 Å². The van der Waals surface area contributed by atoms with Crippen LogP contribution in [0.2, 0.25) is 5.02 Å². The van der Waals surface area contributed by atoms with E-state index in [-0.39, 0.29) is 12.5 Å². The van der Waals surface area contributed by atoms with Crippen LogP contribution in [0, 0.1) is 0 Å². The number of hydrogen-bond acceptors (Lipinski definition) is 4. The SMILES string of the molecule is CS(=O)(=O)N(Cc1ccc(Cl)cc1)c1ccc(C(=O)Nc2ccc(CSc3ccccc3)cc2)cc1. The Bertz CT molecular complexity index is 1410. The molecule has 4 rings (SSSR count). The van der Waals surface area contributed by atoms with Gasteiger partial charge in [0.15, 0.2) is 0 Å². The van der Waals surface area contributed by atoms with Crippen molar-refractivity contribution in [3.63, 3.8) is 0 Å². The fraction of sp³-hybridized carbons (Fsp3) is 0.107. The van der Waals surface area contributed by atoms with E-state index >= 15 is 0 Å². The molecule has 0 aliphatic heterocycles. The zero-order chi connectivity index (χ0) is 25.5. The molecule has 0 saturated heterocycles. The third-order valence-corrected chi connectivity index (χ3v) is 7.89. The first-order valence-corrected chi connectivity index (χ1v) is 14.4. The summed E-state index contributed by atoms with van der Waals surface area (Å²) >= 11 is 7.69. The smallest absolute Gasteiger partial charge is 0.255 e. The fourth-order valence-corrected chi connectivity index (χ4v) is 5.40. The molecule has 0 aliphatic carbocycles. The lowest BCUT2D eigenvalue weighted by molar-refractivity contribution is 0.102. The van der Waals surface area contributed by atoms with Crippen LogP contribution in [-0.2, 0) is 22.3 Å². The summed E-state index contributed by atoms with van der Waals surface area (Å²) in [5.41, 5.74) is 3.56. The number of thioether (sulfide) groups is 1. The van der Waals surface area contributed by atoms with E-state index in [1.54, 1.807) is 60.3 Å². The first kappa shape index (κ1) is 25.8. The first-order chi connectivity index (χ1) is 17.3. The second-order valence-electron chi connectivity index (χ2n) is 8.20. The number of nitrogens with zero attached hydrogens (tertiary/aromatic N) is 1. The molecular weight excluding hydrogens is 512 g/mol. The number of nitrogens with one attached hydrogen (secondary N) is 1. The Morgan fingerprint density at radius 1 is 0.833 bits per heavy atom. The van der Waals surface area contributed by atoms with Crippen LogP contribution >= 0.6 is 23.4 Å². The Balaban J connectivity index is 1.39. The van der Waals surface area contributed by atoms with Crippen LogP contribution in [0.5, 0.6) is 0 Å². The number of sulfonamides is 1. The van der Waals surface area contributed by atoms with Crippen LogP contribution < -0.4 is 9.62 Å². The number of rotatable bonds is 9. The summed E-state index contributed by atoms with van der Waals surface area (Å²) in [5, 5.41) is 3.48. The summed E-state index contributed by atoms with van der Waals surface area (Å²) in [6, 6.07) is 31.5. The molecule has 0 atom stereocenters. The first-order valence-electron chi connectivity index (χ1n) is 11.2. The van der Waals surface area contributed by atoms with Crippen molar-refractivity contribution in [2.24, 2.45) is 0 Å². The van der Waals surface area contributed by atoms with Crippen molar-refractivity contribution in [3.05, 3.63) is 125 Å². The molecule has 1 amide bonds. The van der Waals surface area contributed by atoms with Gasteiger partial charge in [0.05, 0.1) is 18.5 Å². The Morgan fingerprint density at radius 2 is 1.44 bits per heavy atom. The molecule has 0 bridgehead atoms. The van der Waals surface area contributed by atoms with Gasteiger partial charge in [0.1, 0.15) is 0 Å². The molecular formula is C28H25ClN2O3S2. The average molecular weight is 537 g/mol. The van der Waals surface area contributed by atoms with Crippen LogP contribution in [0.3, 0.4) is 0 Å². The highest BCUT2D eigenvalue weighted by atomic mass is 35.5. The zero-order valence-electron chi connectivity index (χ0n) is 19.6. The molecule has 0 saturated carbocycles. The molecule has 5 nitrogen and oxygen atoms in total. The third-order valence-electron chi connectivity index (χ3n) is 5.42. The topological polar surface area (TPSA) is 66.5 Å². The Morgan fingerprint density at radius 3 is 2.06 bits per heavy atom. The van der Waals surface area contributed by atoms with Crippen molar-refractivity contribution in [2.75, 3.05) is 15.9 Å². The van der Waals surface area contributed by atoms with Gasteiger partial charge in [-0.25, -0.2) is 8.42 Å². The van der Waals surface area contributed by atoms with E-state index in [1.807, 2.05) is 42.5 Å². The fourth-order valence-electron chi connectivity index (χ4n) is 3.51. The predicted molar refractivity (Wildman–Crippen MR) is 149 cm³/mol. The van der Waals surface area contributed by atoms with Gasteiger partial charge in [-0.15, -0.1) is 11.8 Å². The van der Waals surface area contributed by atoms with Crippen LogP contribution in [0.25, 0.3) is 0 Å². The summed E-state index contributed by atoms with van der Waals surface area (Å²) in [6.07, 6.45) is 1.16. The number of hydrogen-bond donors (Lipinski definition) is 1. The maximum atomic E-state index is 12.8. The highest BCUT2D eigenvalue weighted by Gasteiger charge is 2.18. The van der Waals surface area contributed by atoms with Gasteiger partial charge < -0.3 is 5.32 Å². The lowest BCUT2D eigenvalue weighted by Gasteiger charge is -2.23. The van der Waals surface area contributed by atoms with Crippen molar-refractivity contribution < 1.29 is 13.2 Å².